The van der Waals surface area contributed by atoms with E-state index in [2.05, 4.69) is 52.4 Å². The summed E-state index contributed by atoms with van der Waals surface area (Å²) < 4.78 is 6.53. The van der Waals surface area contributed by atoms with E-state index in [4.69, 9.17) is 4.74 Å². The molecule has 3 heteroatoms. The predicted molar refractivity (Wildman–Crippen MR) is 74.3 cm³/mol. The number of hydrogen-bond donors (Lipinski definition) is 1. The molecule has 1 unspecified atom stereocenters. The van der Waals surface area contributed by atoms with Crippen molar-refractivity contribution in [3.05, 3.63) is 34.3 Å². The van der Waals surface area contributed by atoms with E-state index in [-0.39, 0.29) is 0 Å². The molecule has 1 aromatic carbocycles. The zero-order valence-corrected chi connectivity index (χ0v) is 11.9. The molecule has 1 aliphatic rings. The minimum absolute atomic E-state index is 0.521. The minimum Gasteiger partial charge on any atom is -0.381 e. The van der Waals surface area contributed by atoms with E-state index in [1.54, 1.807) is 0 Å². The second kappa shape index (κ2) is 6.53. The average Bonchev–Trinajstić information content (AvgIpc) is 2.30. The molecule has 0 spiro atoms. The lowest BCUT2D eigenvalue weighted by atomic mass is 10.0. The van der Waals surface area contributed by atoms with Crippen LogP contribution in [-0.2, 0) is 11.2 Å². The second-order valence-corrected chi connectivity index (χ2v) is 5.70. The molecule has 0 radical (unpaired) electrons. The monoisotopic (exact) mass is 297 g/mol. The van der Waals surface area contributed by atoms with Crippen molar-refractivity contribution in [2.24, 2.45) is 0 Å². The van der Waals surface area contributed by atoms with Gasteiger partial charge in [-0.1, -0.05) is 28.1 Å². The quantitative estimate of drug-likeness (QED) is 0.922. The highest BCUT2D eigenvalue weighted by Crippen LogP contribution is 2.14. The van der Waals surface area contributed by atoms with Crippen molar-refractivity contribution in [2.45, 2.75) is 38.3 Å². The van der Waals surface area contributed by atoms with Crippen LogP contribution in [-0.4, -0.2) is 25.3 Å². The number of halogens is 1. The summed E-state index contributed by atoms with van der Waals surface area (Å²) in [6.07, 6.45) is 3.36. The molecule has 1 atom stereocenters. The highest BCUT2D eigenvalue weighted by atomic mass is 79.9. The van der Waals surface area contributed by atoms with Crippen molar-refractivity contribution in [2.75, 3.05) is 13.2 Å². The zero-order valence-electron chi connectivity index (χ0n) is 10.3. The molecule has 0 aromatic heterocycles. The van der Waals surface area contributed by atoms with E-state index in [0.29, 0.717) is 12.1 Å². The molecule has 94 valence electrons. The summed E-state index contributed by atoms with van der Waals surface area (Å²) in [5, 5.41) is 3.69. The normalized spacial score (nSPS) is 19.2. The first-order chi connectivity index (χ1) is 8.24. The molecule has 1 aromatic rings. The SMILES string of the molecule is CC(Cc1cccc(Br)c1)NC1CCOCC1. The summed E-state index contributed by atoms with van der Waals surface area (Å²) in [6.45, 7) is 4.07. The van der Waals surface area contributed by atoms with E-state index in [0.717, 1.165) is 36.9 Å². The summed E-state index contributed by atoms with van der Waals surface area (Å²) in [5.74, 6) is 0. The number of rotatable bonds is 4. The standard InChI is InChI=1S/C14H20BrNO/c1-11(16-14-5-7-17-8-6-14)9-12-3-2-4-13(15)10-12/h2-4,10-11,14,16H,5-9H2,1H3. The summed E-state index contributed by atoms with van der Waals surface area (Å²) in [4.78, 5) is 0. The number of benzene rings is 1. The number of ether oxygens (including phenoxy) is 1. The Morgan fingerprint density at radius 1 is 1.41 bits per heavy atom. The third-order valence-electron chi connectivity index (χ3n) is 3.17. The maximum absolute atomic E-state index is 5.37. The Balaban J connectivity index is 1.82. The second-order valence-electron chi connectivity index (χ2n) is 4.79. The smallest absolute Gasteiger partial charge is 0.0480 e. The maximum Gasteiger partial charge on any atom is 0.0480 e. The van der Waals surface area contributed by atoms with Gasteiger partial charge in [-0.25, -0.2) is 0 Å². The van der Waals surface area contributed by atoms with Gasteiger partial charge in [0.1, 0.15) is 0 Å². The Kier molecular flexibility index (Phi) is 5.01. The van der Waals surface area contributed by atoms with E-state index in [1.807, 2.05) is 0 Å². The van der Waals surface area contributed by atoms with Crippen LogP contribution in [0.3, 0.4) is 0 Å². The van der Waals surface area contributed by atoms with Crippen LogP contribution in [0.2, 0.25) is 0 Å². The Morgan fingerprint density at radius 3 is 2.88 bits per heavy atom. The molecule has 1 heterocycles. The summed E-state index contributed by atoms with van der Waals surface area (Å²) >= 11 is 3.51. The van der Waals surface area contributed by atoms with Gasteiger partial charge in [-0.2, -0.15) is 0 Å². The topological polar surface area (TPSA) is 21.3 Å². The first kappa shape index (κ1) is 13.1. The molecule has 0 aliphatic carbocycles. The average molecular weight is 298 g/mol. The molecule has 17 heavy (non-hydrogen) atoms. The fourth-order valence-electron chi connectivity index (χ4n) is 2.34. The summed E-state index contributed by atoms with van der Waals surface area (Å²) in [6, 6.07) is 9.70. The minimum atomic E-state index is 0.521. The van der Waals surface area contributed by atoms with Gasteiger partial charge in [0.05, 0.1) is 0 Å². The number of nitrogens with one attached hydrogen (secondary N) is 1. The molecule has 2 nitrogen and oxygen atoms in total. The van der Waals surface area contributed by atoms with Crippen LogP contribution in [0.5, 0.6) is 0 Å². The summed E-state index contributed by atoms with van der Waals surface area (Å²) in [5.41, 5.74) is 1.38. The van der Waals surface area contributed by atoms with Crippen molar-refractivity contribution in [1.29, 1.82) is 0 Å². The molecule has 1 N–H and O–H groups in total. The van der Waals surface area contributed by atoms with Crippen molar-refractivity contribution < 1.29 is 4.74 Å². The molecule has 1 fully saturated rings. The van der Waals surface area contributed by atoms with Crippen molar-refractivity contribution >= 4 is 15.9 Å². The van der Waals surface area contributed by atoms with Crippen LogP contribution in [0.1, 0.15) is 25.3 Å². The largest absolute Gasteiger partial charge is 0.381 e. The number of hydrogen-bond acceptors (Lipinski definition) is 2. The van der Waals surface area contributed by atoms with Gasteiger partial charge < -0.3 is 10.1 Å². The molecule has 0 amide bonds. The lowest BCUT2D eigenvalue weighted by Crippen LogP contribution is -2.41. The Bertz CT molecular complexity index is 350. The first-order valence-corrected chi connectivity index (χ1v) is 7.11. The molecule has 2 rings (SSSR count). The van der Waals surface area contributed by atoms with Gasteiger partial charge in [0, 0.05) is 29.8 Å². The third-order valence-corrected chi connectivity index (χ3v) is 3.67. The first-order valence-electron chi connectivity index (χ1n) is 6.32. The van der Waals surface area contributed by atoms with Crippen molar-refractivity contribution in [3.63, 3.8) is 0 Å². The van der Waals surface area contributed by atoms with Gasteiger partial charge >= 0.3 is 0 Å². The lowest BCUT2D eigenvalue weighted by molar-refractivity contribution is 0.0755. The van der Waals surface area contributed by atoms with Gasteiger partial charge in [-0.05, 0) is 43.9 Å². The molecule has 1 aliphatic heterocycles. The Morgan fingerprint density at radius 2 is 2.18 bits per heavy atom. The van der Waals surface area contributed by atoms with Crippen LogP contribution in [0, 0.1) is 0 Å². The van der Waals surface area contributed by atoms with E-state index >= 15 is 0 Å². The Hall–Kier alpha value is -0.380. The molecule has 1 saturated heterocycles. The molecule has 0 saturated carbocycles. The Labute approximate surface area is 112 Å². The van der Waals surface area contributed by atoms with E-state index in [9.17, 15) is 0 Å². The molecular weight excluding hydrogens is 278 g/mol. The van der Waals surface area contributed by atoms with Crippen LogP contribution in [0.15, 0.2) is 28.7 Å². The van der Waals surface area contributed by atoms with Crippen LogP contribution < -0.4 is 5.32 Å². The highest BCUT2D eigenvalue weighted by Gasteiger charge is 2.15. The van der Waals surface area contributed by atoms with Crippen molar-refractivity contribution in [1.82, 2.24) is 5.32 Å². The van der Waals surface area contributed by atoms with Crippen LogP contribution >= 0.6 is 15.9 Å². The summed E-state index contributed by atoms with van der Waals surface area (Å²) in [7, 11) is 0. The zero-order chi connectivity index (χ0) is 12.1. The predicted octanol–water partition coefficient (Wildman–Crippen LogP) is 3.15. The molecule has 0 bridgehead atoms. The van der Waals surface area contributed by atoms with Gasteiger partial charge in [-0.3, -0.25) is 0 Å². The maximum atomic E-state index is 5.37. The van der Waals surface area contributed by atoms with Gasteiger partial charge in [-0.15, -0.1) is 0 Å². The lowest BCUT2D eigenvalue weighted by Gasteiger charge is -2.26. The van der Waals surface area contributed by atoms with Gasteiger partial charge in [0.25, 0.3) is 0 Å². The van der Waals surface area contributed by atoms with E-state index < -0.39 is 0 Å². The molecular formula is C14H20BrNO. The van der Waals surface area contributed by atoms with Gasteiger partial charge in [0.15, 0.2) is 0 Å². The van der Waals surface area contributed by atoms with Gasteiger partial charge in [0.2, 0.25) is 0 Å². The van der Waals surface area contributed by atoms with Crippen molar-refractivity contribution in [3.8, 4) is 0 Å². The van der Waals surface area contributed by atoms with Crippen LogP contribution in [0.4, 0.5) is 0 Å². The highest BCUT2D eigenvalue weighted by molar-refractivity contribution is 9.10. The van der Waals surface area contributed by atoms with Crippen LogP contribution in [0.25, 0.3) is 0 Å². The fraction of sp³-hybridized carbons (Fsp3) is 0.571. The fourth-order valence-corrected chi connectivity index (χ4v) is 2.79. The van der Waals surface area contributed by atoms with E-state index in [1.165, 1.54) is 5.56 Å². The third kappa shape index (κ3) is 4.41.